The van der Waals surface area contributed by atoms with Crippen molar-refractivity contribution in [3.63, 3.8) is 0 Å². The smallest absolute Gasteiger partial charge is 0.0962 e. The lowest BCUT2D eigenvalue weighted by Crippen LogP contribution is -3.14. The van der Waals surface area contributed by atoms with E-state index in [4.69, 9.17) is 0 Å². The molecule has 1 heterocycles. The number of rotatable bonds is 4. The highest BCUT2D eigenvalue weighted by atomic mass is 15.3. The van der Waals surface area contributed by atoms with Crippen molar-refractivity contribution in [2.45, 2.75) is 6.92 Å². The predicted molar refractivity (Wildman–Crippen MR) is 94.4 cm³/mol. The summed E-state index contributed by atoms with van der Waals surface area (Å²) in [7, 11) is 0. The van der Waals surface area contributed by atoms with Gasteiger partial charge in [-0.1, -0.05) is 54.1 Å². The van der Waals surface area contributed by atoms with Gasteiger partial charge in [-0.3, -0.25) is 0 Å². The molecule has 0 bridgehead atoms. The highest BCUT2D eigenvalue weighted by molar-refractivity contribution is 5.49. The van der Waals surface area contributed by atoms with Gasteiger partial charge in [0.25, 0.3) is 0 Å². The van der Waals surface area contributed by atoms with Gasteiger partial charge in [0, 0.05) is 5.69 Å². The van der Waals surface area contributed by atoms with E-state index in [1.54, 1.807) is 4.90 Å². The molecule has 114 valence electrons. The van der Waals surface area contributed by atoms with Crippen molar-refractivity contribution >= 4 is 11.8 Å². The van der Waals surface area contributed by atoms with Crippen molar-refractivity contribution in [2.75, 3.05) is 37.6 Å². The zero-order valence-corrected chi connectivity index (χ0v) is 13.3. The summed E-state index contributed by atoms with van der Waals surface area (Å²) in [5.74, 6) is 0. The van der Waals surface area contributed by atoms with Gasteiger partial charge in [0.05, 0.1) is 32.7 Å². The van der Waals surface area contributed by atoms with Gasteiger partial charge in [-0.2, -0.15) is 0 Å². The minimum absolute atomic E-state index is 1.12. The number of quaternary nitrogens is 1. The second-order valence-electron chi connectivity index (χ2n) is 6.09. The zero-order valence-electron chi connectivity index (χ0n) is 13.3. The number of hydrogen-bond acceptors (Lipinski definition) is 1. The van der Waals surface area contributed by atoms with Gasteiger partial charge in [0.2, 0.25) is 0 Å². The monoisotopic (exact) mass is 293 g/mol. The third-order valence-electron chi connectivity index (χ3n) is 4.39. The largest absolute Gasteiger partial charge is 0.360 e. The summed E-state index contributed by atoms with van der Waals surface area (Å²) in [5.41, 5.74) is 3.99. The standard InChI is InChI=1S/C20H24N2/c1-18-9-11-20(12-10-18)22-16-14-21(15-17-22)13-5-8-19-6-3-2-4-7-19/h2-12H,13-17H2,1H3/p+1/b8-5+. The summed E-state index contributed by atoms with van der Waals surface area (Å²) < 4.78 is 0. The van der Waals surface area contributed by atoms with Crippen LogP contribution in [0.3, 0.4) is 0 Å². The summed E-state index contributed by atoms with van der Waals surface area (Å²) in [4.78, 5) is 4.18. The van der Waals surface area contributed by atoms with Crippen molar-refractivity contribution in [3.05, 3.63) is 71.8 Å². The Morgan fingerprint density at radius 2 is 1.64 bits per heavy atom. The van der Waals surface area contributed by atoms with Crippen molar-refractivity contribution in [1.29, 1.82) is 0 Å². The Labute approximate surface area is 133 Å². The van der Waals surface area contributed by atoms with Crippen molar-refractivity contribution in [2.24, 2.45) is 0 Å². The lowest BCUT2D eigenvalue weighted by molar-refractivity contribution is -0.894. The van der Waals surface area contributed by atoms with Crippen LogP contribution in [0.15, 0.2) is 60.7 Å². The Morgan fingerprint density at radius 3 is 2.32 bits per heavy atom. The number of benzene rings is 2. The van der Waals surface area contributed by atoms with Gasteiger partial charge < -0.3 is 9.80 Å². The molecule has 22 heavy (non-hydrogen) atoms. The molecule has 2 nitrogen and oxygen atoms in total. The fourth-order valence-electron chi connectivity index (χ4n) is 2.97. The Hall–Kier alpha value is -2.06. The molecule has 0 aromatic heterocycles. The molecule has 0 atom stereocenters. The van der Waals surface area contributed by atoms with Gasteiger partial charge in [-0.15, -0.1) is 0 Å². The Balaban J connectivity index is 1.47. The topological polar surface area (TPSA) is 7.68 Å². The Bertz CT molecular complexity index is 593. The summed E-state index contributed by atoms with van der Waals surface area (Å²) in [5, 5.41) is 0. The predicted octanol–water partition coefficient (Wildman–Crippen LogP) is 2.41. The van der Waals surface area contributed by atoms with E-state index >= 15 is 0 Å². The van der Waals surface area contributed by atoms with Crippen LogP contribution in [-0.2, 0) is 0 Å². The van der Waals surface area contributed by atoms with Crippen LogP contribution in [0.1, 0.15) is 11.1 Å². The second-order valence-corrected chi connectivity index (χ2v) is 6.09. The number of hydrogen-bond donors (Lipinski definition) is 1. The average Bonchev–Trinajstić information content (AvgIpc) is 2.57. The molecular formula is C20H25N2+. The Kier molecular flexibility index (Phi) is 4.92. The number of anilines is 1. The molecule has 0 saturated carbocycles. The van der Waals surface area contributed by atoms with Crippen molar-refractivity contribution in [1.82, 2.24) is 0 Å². The highest BCUT2D eigenvalue weighted by Crippen LogP contribution is 2.14. The quantitative estimate of drug-likeness (QED) is 0.909. The molecule has 0 aliphatic carbocycles. The molecule has 1 N–H and O–H groups in total. The minimum Gasteiger partial charge on any atom is -0.360 e. The van der Waals surface area contributed by atoms with E-state index in [2.05, 4.69) is 78.6 Å². The van der Waals surface area contributed by atoms with Gasteiger partial charge in [0.15, 0.2) is 0 Å². The molecular weight excluding hydrogens is 268 g/mol. The zero-order chi connectivity index (χ0) is 15.2. The molecule has 0 spiro atoms. The van der Waals surface area contributed by atoms with Crippen LogP contribution in [0.2, 0.25) is 0 Å². The molecule has 0 radical (unpaired) electrons. The van der Waals surface area contributed by atoms with E-state index in [0.29, 0.717) is 0 Å². The molecule has 2 aromatic carbocycles. The van der Waals surface area contributed by atoms with Gasteiger partial charge in [-0.05, 0) is 30.7 Å². The van der Waals surface area contributed by atoms with E-state index in [1.807, 2.05) is 0 Å². The van der Waals surface area contributed by atoms with Crippen molar-refractivity contribution in [3.8, 4) is 0 Å². The molecule has 2 heteroatoms. The van der Waals surface area contributed by atoms with Gasteiger partial charge in [-0.25, -0.2) is 0 Å². The first kappa shape index (κ1) is 14.9. The van der Waals surface area contributed by atoms with Crippen molar-refractivity contribution < 1.29 is 4.90 Å². The minimum atomic E-state index is 1.12. The summed E-state index contributed by atoms with van der Waals surface area (Å²) in [6.45, 7) is 8.00. The molecule has 3 rings (SSSR count). The normalized spacial score (nSPS) is 16.3. The maximum absolute atomic E-state index is 2.50. The number of nitrogens with zero attached hydrogens (tertiary/aromatic N) is 1. The van der Waals surface area contributed by atoms with Crippen LogP contribution >= 0.6 is 0 Å². The van der Waals surface area contributed by atoms with E-state index in [0.717, 1.165) is 19.6 Å². The maximum atomic E-state index is 2.50. The molecule has 1 aliphatic heterocycles. The van der Waals surface area contributed by atoms with E-state index in [9.17, 15) is 0 Å². The average molecular weight is 293 g/mol. The van der Waals surface area contributed by atoms with Gasteiger partial charge >= 0.3 is 0 Å². The first-order valence-corrected chi connectivity index (χ1v) is 8.18. The van der Waals surface area contributed by atoms with E-state index < -0.39 is 0 Å². The van der Waals surface area contributed by atoms with Gasteiger partial charge in [0.1, 0.15) is 0 Å². The third-order valence-corrected chi connectivity index (χ3v) is 4.39. The maximum Gasteiger partial charge on any atom is 0.0962 e. The SMILES string of the molecule is Cc1ccc(N2CC[NH+](C/C=C/c3ccccc3)CC2)cc1. The van der Waals surface area contributed by atoms with Crippen LogP contribution < -0.4 is 9.80 Å². The number of piperazine rings is 1. The fourth-order valence-corrected chi connectivity index (χ4v) is 2.97. The first-order valence-electron chi connectivity index (χ1n) is 8.18. The molecule has 0 unspecified atom stereocenters. The fraction of sp³-hybridized carbons (Fsp3) is 0.300. The summed E-state index contributed by atoms with van der Waals surface area (Å²) in [6, 6.07) is 19.5. The molecule has 1 fully saturated rings. The summed E-state index contributed by atoms with van der Waals surface area (Å²) in [6.07, 6.45) is 4.55. The second kappa shape index (κ2) is 7.28. The number of nitrogens with one attached hydrogen (secondary N) is 1. The highest BCUT2D eigenvalue weighted by Gasteiger charge is 2.18. The van der Waals surface area contributed by atoms with Crippen LogP contribution in [0.4, 0.5) is 5.69 Å². The number of aryl methyl sites for hydroxylation is 1. The van der Waals surface area contributed by atoms with Crippen LogP contribution in [0.25, 0.3) is 6.08 Å². The molecule has 2 aromatic rings. The molecule has 0 amide bonds. The van der Waals surface area contributed by atoms with Crippen LogP contribution in [-0.4, -0.2) is 32.7 Å². The van der Waals surface area contributed by atoms with Crippen LogP contribution in [0, 0.1) is 6.92 Å². The van der Waals surface area contributed by atoms with Crippen LogP contribution in [0.5, 0.6) is 0 Å². The third kappa shape index (κ3) is 3.99. The summed E-state index contributed by atoms with van der Waals surface area (Å²) >= 11 is 0. The molecule has 1 aliphatic rings. The lowest BCUT2D eigenvalue weighted by atomic mass is 10.2. The molecule has 1 saturated heterocycles. The van der Waals surface area contributed by atoms with E-state index in [-0.39, 0.29) is 0 Å². The Morgan fingerprint density at radius 1 is 0.955 bits per heavy atom. The lowest BCUT2D eigenvalue weighted by Gasteiger charge is -2.33. The van der Waals surface area contributed by atoms with E-state index in [1.165, 1.54) is 29.9 Å². The first-order chi connectivity index (χ1) is 10.8.